The third-order valence-electron chi connectivity index (χ3n) is 0.680. The molecule has 7 nitrogen and oxygen atoms in total. The van der Waals surface area contributed by atoms with Gasteiger partial charge in [0.1, 0.15) is 0 Å². The van der Waals surface area contributed by atoms with Crippen LogP contribution in [0.25, 0.3) is 0 Å². The van der Waals surface area contributed by atoms with E-state index in [-0.39, 0.29) is 6.15 Å². The Labute approximate surface area is 73.1 Å². The average Bonchev–Trinajstić information content (AvgIpc) is 1.80. The van der Waals surface area contributed by atoms with E-state index in [9.17, 15) is 9.36 Å². The highest BCUT2D eigenvalue weighted by molar-refractivity contribution is 7.46. The highest BCUT2D eigenvalue weighted by Crippen LogP contribution is 2.37. The molecule has 12 heavy (non-hydrogen) atoms. The highest BCUT2D eigenvalue weighted by atomic mass is 35.5. The van der Waals surface area contributed by atoms with Crippen molar-refractivity contribution in [3.05, 3.63) is 0 Å². The van der Waals surface area contributed by atoms with E-state index in [1.54, 1.807) is 0 Å². The molecule has 0 heterocycles. The summed E-state index contributed by atoms with van der Waals surface area (Å²) in [6.07, 6.45) is -1.67. The van der Waals surface area contributed by atoms with Gasteiger partial charge >= 0.3 is 13.8 Å². The molecule has 0 saturated heterocycles. The minimum atomic E-state index is -4.76. The van der Waals surface area contributed by atoms with Crippen LogP contribution in [-0.2, 0) is 13.9 Å². The van der Waals surface area contributed by atoms with Crippen LogP contribution in [0.4, 0.5) is 0 Å². The molecule has 74 valence electrons. The fourth-order valence-electron chi connectivity index (χ4n) is 0.305. The number of hydrogen-bond acceptors (Lipinski definition) is 4. The summed E-state index contributed by atoms with van der Waals surface area (Å²) >= 11 is 5.02. The molecule has 0 aromatic carbocycles. The van der Waals surface area contributed by atoms with E-state index >= 15 is 0 Å². The van der Waals surface area contributed by atoms with Crippen molar-refractivity contribution in [1.82, 2.24) is 6.15 Å². The van der Waals surface area contributed by atoms with Crippen LogP contribution >= 0.6 is 19.4 Å². The quantitative estimate of drug-likeness (QED) is 0.385. The average molecular weight is 222 g/mol. The Balaban J connectivity index is 0. The molecule has 0 aromatic heterocycles. The number of carboxylic acids is 1. The van der Waals surface area contributed by atoms with Crippen LogP contribution in [0.2, 0.25) is 0 Å². The van der Waals surface area contributed by atoms with Crippen molar-refractivity contribution in [2.45, 2.75) is 6.10 Å². The molecular weight excluding hydrogens is 212 g/mol. The van der Waals surface area contributed by atoms with Gasteiger partial charge in [0.05, 0.1) is 5.88 Å². The van der Waals surface area contributed by atoms with E-state index in [2.05, 4.69) is 4.52 Å². The summed E-state index contributed by atoms with van der Waals surface area (Å²) in [4.78, 5) is 26.3. The lowest BCUT2D eigenvalue weighted by Crippen LogP contribution is -2.24. The van der Waals surface area contributed by atoms with Crippen molar-refractivity contribution in [2.75, 3.05) is 5.88 Å². The normalized spacial score (nSPS) is 13.2. The molecule has 0 aliphatic carbocycles. The van der Waals surface area contributed by atoms with E-state index in [4.69, 9.17) is 26.5 Å². The molecule has 0 amide bonds. The monoisotopic (exact) mass is 221 g/mol. The zero-order chi connectivity index (χ0) is 9.07. The number of carbonyl (C=O) groups is 1. The topological polar surface area (TPSA) is 139 Å². The van der Waals surface area contributed by atoms with Crippen molar-refractivity contribution in [1.29, 1.82) is 0 Å². The van der Waals surface area contributed by atoms with Crippen LogP contribution in [0.5, 0.6) is 0 Å². The molecule has 0 rings (SSSR count). The van der Waals surface area contributed by atoms with Crippen LogP contribution in [-0.4, -0.2) is 32.8 Å². The molecule has 0 saturated carbocycles. The maximum Gasteiger partial charge on any atom is 0.470 e. The lowest BCUT2D eigenvalue weighted by molar-refractivity contribution is -0.144. The number of alkyl halides is 1. The molecule has 0 aliphatic rings. The largest absolute Gasteiger partial charge is 0.479 e. The predicted molar refractivity (Wildman–Crippen MR) is 40.3 cm³/mol. The van der Waals surface area contributed by atoms with Crippen molar-refractivity contribution < 1.29 is 28.8 Å². The first-order chi connectivity index (χ1) is 4.87. The van der Waals surface area contributed by atoms with Gasteiger partial charge in [-0.1, -0.05) is 0 Å². The smallest absolute Gasteiger partial charge is 0.470 e. The summed E-state index contributed by atoms with van der Waals surface area (Å²) < 4.78 is 13.8. The van der Waals surface area contributed by atoms with Gasteiger partial charge in [-0.25, -0.2) is 9.36 Å². The van der Waals surface area contributed by atoms with Crippen LogP contribution < -0.4 is 6.15 Å². The second-order valence-electron chi connectivity index (χ2n) is 1.58. The van der Waals surface area contributed by atoms with E-state index in [1.165, 1.54) is 0 Å². The minimum absolute atomic E-state index is 0. The van der Waals surface area contributed by atoms with Crippen molar-refractivity contribution >= 4 is 25.4 Å². The molecule has 0 aliphatic heterocycles. The van der Waals surface area contributed by atoms with Crippen LogP contribution in [0.15, 0.2) is 0 Å². The summed E-state index contributed by atoms with van der Waals surface area (Å²) in [5.74, 6) is -2.02. The molecule has 0 radical (unpaired) electrons. The highest BCUT2D eigenvalue weighted by Gasteiger charge is 2.26. The molecule has 1 unspecified atom stereocenters. The Hall–Kier alpha value is -0.170. The predicted octanol–water partition coefficient (Wildman–Crippen LogP) is -0.0503. The van der Waals surface area contributed by atoms with Crippen LogP contribution in [0.1, 0.15) is 0 Å². The second-order valence-corrected chi connectivity index (χ2v) is 3.08. The number of carboxylic acid groups (broad SMARTS) is 1. The third kappa shape index (κ3) is 6.53. The zero-order valence-electron chi connectivity index (χ0n) is 5.88. The number of phosphoric acid groups is 1. The Bertz CT molecular complexity index is 191. The van der Waals surface area contributed by atoms with Gasteiger partial charge in [-0.05, 0) is 0 Å². The fourth-order valence-corrected chi connectivity index (χ4v) is 1.08. The molecule has 0 spiro atoms. The first-order valence-electron chi connectivity index (χ1n) is 2.39. The molecule has 0 bridgehead atoms. The van der Waals surface area contributed by atoms with E-state index < -0.39 is 25.8 Å². The Kier molecular flexibility index (Phi) is 6.55. The third-order valence-corrected chi connectivity index (χ3v) is 1.49. The zero-order valence-corrected chi connectivity index (χ0v) is 7.53. The van der Waals surface area contributed by atoms with Crippen LogP contribution in [0.3, 0.4) is 0 Å². The molecule has 0 aromatic rings. The van der Waals surface area contributed by atoms with Gasteiger partial charge in [-0.2, -0.15) is 0 Å². The summed E-state index contributed by atoms with van der Waals surface area (Å²) in [5.41, 5.74) is 0. The number of rotatable bonds is 4. The first-order valence-corrected chi connectivity index (χ1v) is 4.46. The second kappa shape index (κ2) is 5.47. The number of phosphoric ester groups is 1. The lowest BCUT2D eigenvalue weighted by atomic mass is 10.4. The molecule has 1 atom stereocenters. The van der Waals surface area contributed by atoms with Gasteiger partial charge < -0.3 is 21.0 Å². The Morgan fingerprint density at radius 3 is 2.08 bits per heavy atom. The van der Waals surface area contributed by atoms with E-state index in [0.717, 1.165) is 0 Å². The van der Waals surface area contributed by atoms with Gasteiger partial charge in [0.15, 0.2) is 6.10 Å². The maximum absolute atomic E-state index is 10.1. The lowest BCUT2D eigenvalue weighted by Gasteiger charge is -2.09. The Morgan fingerprint density at radius 2 is 2.00 bits per heavy atom. The summed E-state index contributed by atoms with van der Waals surface area (Å²) in [6.45, 7) is 0. The number of aliphatic carboxylic acids is 1. The van der Waals surface area contributed by atoms with Gasteiger partial charge in [0.2, 0.25) is 0 Å². The van der Waals surface area contributed by atoms with Crippen LogP contribution in [0, 0.1) is 0 Å². The number of hydrogen-bond donors (Lipinski definition) is 4. The van der Waals surface area contributed by atoms with Crippen molar-refractivity contribution in [3.63, 3.8) is 0 Å². The standard InChI is InChI=1S/C3H6ClO6P.H3N/c4-1-2(3(5)6)10-11(7,8)9;/h2H,1H2,(H,5,6)(H2,7,8,9);1H3. The van der Waals surface area contributed by atoms with Gasteiger partial charge in [-0.3, -0.25) is 4.52 Å². The summed E-state index contributed by atoms with van der Waals surface area (Å²) in [5, 5.41) is 8.18. The number of halogens is 1. The maximum atomic E-state index is 10.1. The molecule has 9 heteroatoms. The van der Waals surface area contributed by atoms with Gasteiger partial charge in [-0.15, -0.1) is 11.6 Å². The SMILES string of the molecule is N.O=C(O)C(CCl)OP(=O)(O)O. The van der Waals surface area contributed by atoms with Crippen molar-refractivity contribution in [2.24, 2.45) is 0 Å². The summed E-state index contributed by atoms with van der Waals surface area (Å²) in [7, 11) is -4.76. The summed E-state index contributed by atoms with van der Waals surface area (Å²) in [6, 6.07) is 0. The fraction of sp³-hybridized carbons (Fsp3) is 0.667. The van der Waals surface area contributed by atoms with E-state index in [0.29, 0.717) is 0 Å². The van der Waals surface area contributed by atoms with E-state index in [1.807, 2.05) is 0 Å². The molecule has 0 fully saturated rings. The van der Waals surface area contributed by atoms with Crippen molar-refractivity contribution in [3.8, 4) is 0 Å². The first kappa shape index (κ1) is 14.4. The van der Waals surface area contributed by atoms with Gasteiger partial charge in [0, 0.05) is 0 Å². The van der Waals surface area contributed by atoms with Gasteiger partial charge in [0.25, 0.3) is 0 Å². The molecular formula is C3H9ClNO6P. The Morgan fingerprint density at radius 1 is 1.58 bits per heavy atom. The molecule has 6 N–H and O–H groups in total. The minimum Gasteiger partial charge on any atom is -0.479 e.